The molecule has 1 amide bonds. The number of carbonyl (C=O) groups excluding carboxylic acids is 1. The Bertz CT molecular complexity index is 335. The highest BCUT2D eigenvalue weighted by molar-refractivity contribution is 7.88. The molecule has 0 rings (SSSR count). The first-order chi connectivity index (χ1) is 7.02. The van der Waals surface area contributed by atoms with Crippen molar-refractivity contribution in [3.63, 3.8) is 0 Å². The third kappa shape index (κ3) is 8.49. The number of nitrogens with one attached hydrogen (secondary N) is 2. The number of hydrogen-bond donors (Lipinski definition) is 2. The molecular formula is C9H20N2O4S. The summed E-state index contributed by atoms with van der Waals surface area (Å²) < 4.78 is 29.3. The SMILES string of the molecule is CC(C)OC(=O)NCC(C)(C)NS(C)(=O)=O. The number of carbonyl (C=O) groups is 1. The van der Waals surface area contributed by atoms with Crippen LogP contribution in [0.1, 0.15) is 27.7 Å². The Labute approximate surface area is 96.8 Å². The summed E-state index contributed by atoms with van der Waals surface area (Å²) in [4.78, 5) is 11.2. The van der Waals surface area contributed by atoms with Gasteiger partial charge in [-0.1, -0.05) is 0 Å². The third-order valence-electron chi connectivity index (χ3n) is 1.48. The fraction of sp³-hybridized carbons (Fsp3) is 0.889. The van der Waals surface area contributed by atoms with Gasteiger partial charge in [0.05, 0.1) is 12.4 Å². The summed E-state index contributed by atoms with van der Waals surface area (Å²) in [5, 5.41) is 2.49. The Morgan fingerprint density at radius 2 is 1.88 bits per heavy atom. The summed E-state index contributed by atoms with van der Waals surface area (Å²) in [5.41, 5.74) is -0.746. The van der Waals surface area contributed by atoms with Gasteiger partial charge in [0.2, 0.25) is 10.0 Å². The van der Waals surface area contributed by atoms with Crippen LogP contribution in [0.3, 0.4) is 0 Å². The van der Waals surface area contributed by atoms with Gasteiger partial charge in [0.15, 0.2) is 0 Å². The molecule has 0 aromatic heterocycles. The first-order valence-electron chi connectivity index (χ1n) is 4.95. The van der Waals surface area contributed by atoms with Gasteiger partial charge < -0.3 is 10.1 Å². The lowest BCUT2D eigenvalue weighted by molar-refractivity contribution is 0.113. The van der Waals surface area contributed by atoms with Crippen LogP contribution in [0.25, 0.3) is 0 Å². The first kappa shape index (κ1) is 15.2. The molecule has 0 unspecified atom stereocenters. The van der Waals surface area contributed by atoms with E-state index in [1.54, 1.807) is 27.7 Å². The summed E-state index contributed by atoms with van der Waals surface area (Å²) in [7, 11) is -3.29. The lowest BCUT2D eigenvalue weighted by atomic mass is 10.1. The topological polar surface area (TPSA) is 84.5 Å². The molecule has 0 saturated carbocycles. The lowest BCUT2D eigenvalue weighted by Gasteiger charge is -2.25. The molecule has 2 N–H and O–H groups in total. The van der Waals surface area contributed by atoms with Gasteiger partial charge in [-0.2, -0.15) is 0 Å². The maximum atomic E-state index is 11.2. The summed E-state index contributed by atoms with van der Waals surface area (Å²) in [5.74, 6) is 0. The van der Waals surface area contributed by atoms with Gasteiger partial charge in [0.1, 0.15) is 0 Å². The van der Waals surface area contributed by atoms with Crippen molar-refractivity contribution in [1.82, 2.24) is 10.0 Å². The van der Waals surface area contributed by atoms with Crippen molar-refractivity contribution in [2.75, 3.05) is 12.8 Å². The fourth-order valence-electron chi connectivity index (χ4n) is 1.09. The number of ether oxygens (including phenoxy) is 1. The Morgan fingerprint density at radius 3 is 2.25 bits per heavy atom. The second-order valence-electron chi connectivity index (χ2n) is 4.57. The van der Waals surface area contributed by atoms with Crippen molar-refractivity contribution in [2.24, 2.45) is 0 Å². The van der Waals surface area contributed by atoms with Crippen LogP contribution in [0, 0.1) is 0 Å². The van der Waals surface area contributed by atoms with Gasteiger partial charge in [-0.25, -0.2) is 17.9 Å². The minimum Gasteiger partial charge on any atom is -0.447 e. The van der Waals surface area contributed by atoms with Gasteiger partial charge in [-0.15, -0.1) is 0 Å². The van der Waals surface area contributed by atoms with Crippen LogP contribution in [-0.4, -0.2) is 39.0 Å². The number of amides is 1. The molecule has 96 valence electrons. The number of hydrogen-bond acceptors (Lipinski definition) is 4. The molecular weight excluding hydrogens is 232 g/mol. The minimum atomic E-state index is -3.29. The molecule has 0 saturated heterocycles. The molecule has 0 aromatic rings. The van der Waals surface area contributed by atoms with E-state index in [0.29, 0.717) is 0 Å². The van der Waals surface area contributed by atoms with Gasteiger partial charge in [-0.05, 0) is 27.7 Å². The zero-order valence-corrected chi connectivity index (χ0v) is 11.1. The second-order valence-corrected chi connectivity index (χ2v) is 6.31. The van der Waals surface area contributed by atoms with Gasteiger partial charge >= 0.3 is 6.09 Å². The van der Waals surface area contributed by atoms with E-state index in [1.807, 2.05) is 0 Å². The average Bonchev–Trinajstić information content (AvgIpc) is 1.95. The van der Waals surface area contributed by atoms with Crippen LogP contribution in [0.2, 0.25) is 0 Å². The molecule has 0 radical (unpaired) electrons. The fourth-order valence-corrected chi connectivity index (χ4v) is 2.16. The molecule has 0 spiro atoms. The zero-order chi connectivity index (χ0) is 13.0. The van der Waals surface area contributed by atoms with E-state index < -0.39 is 21.7 Å². The van der Waals surface area contributed by atoms with Crippen LogP contribution in [-0.2, 0) is 14.8 Å². The Morgan fingerprint density at radius 1 is 1.38 bits per heavy atom. The van der Waals surface area contributed by atoms with Crippen molar-refractivity contribution in [3.8, 4) is 0 Å². The molecule has 0 heterocycles. The smallest absolute Gasteiger partial charge is 0.407 e. The van der Waals surface area contributed by atoms with E-state index in [4.69, 9.17) is 4.74 Å². The molecule has 0 aliphatic rings. The van der Waals surface area contributed by atoms with Gasteiger partial charge in [0, 0.05) is 12.1 Å². The molecule has 0 aliphatic heterocycles. The highest BCUT2D eigenvalue weighted by atomic mass is 32.2. The molecule has 0 aromatic carbocycles. The maximum absolute atomic E-state index is 11.2. The molecule has 0 bridgehead atoms. The van der Waals surface area contributed by atoms with Crippen LogP contribution < -0.4 is 10.0 Å². The number of sulfonamides is 1. The van der Waals surface area contributed by atoms with Crippen molar-refractivity contribution in [1.29, 1.82) is 0 Å². The standard InChI is InChI=1S/C9H20N2O4S/c1-7(2)15-8(12)10-6-9(3,4)11-16(5,13)14/h7,11H,6H2,1-5H3,(H,10,12). The summed E-state index contributed by atoms with van der Waals surface area (Å²) in [6.07, 6.45) is 0.311. The van der Waals surface area contributed by atoms with E-state index in [2.05, 4.69) is 10.0 Å². The van der Waals surface area contributed by atoms with Crippen LogP contribution in [0.5, 0.6) is 0 Å². The summed E-state index contributed by atoms with van der Waals surface area (Å²) in [6.45, 7) is 6.97. The quantitative estimate of drug-likeness (QED) is 0.744. The highest BCUT2D eigenvalue weighted by Crippen LogP contribution is 2.02. The summed E-state index contributed by atoms with van der Waals surface area (Å²) >= 11 is 0. The predicted octanol–water partition coefficient (Wildman–Crippen LogP) is 0.449. The van der Waals surface area contributed by atoms with Crippen LogP contribution >= 0.6 is 0 Å². The van der Waals surface area contributed by atoms with Crippen molar-refractivity contribution in [2.45, 2.75) is 39.3 Å². The Balaban J connectivity index is 4.14. The van der Waals surface area contributed by atoms with Crippen molar-refractivity contribution in [3.05, 3.63) is 0 Å². The molecule has 6 nitrogen and oxygen atoms in total. The van der Waals surface area contributed by atoms with E-state index in [9.17, 15) is 13.2 Å². The number of alkyl carbamates (subject to hydrolysis) is 1. The van der Waals surface area contributed by atoms with Crippen LogP contribution in [0.15, 0.2) is 0 Å². The molecule has 7 heteroatoms. The average molecular weight is 252 g/mol. The monoisotopic (exact) mass is 252 g/mol. The number of rotatable bonds is 5. The first-order valence-corrected chi connectivity index (χ1v) is 6.84. The van der Waals surface area contributed by atoms with Crippen molar-refractivity contribution < 1.29 is 17.9 Å². The highest BCUT2D eigenvalue weighted by Gasteiger charge is 2.23. The largest absolute Gasteiger partial charge is 0.447 e. The van der Waals surface area contributed by atoms with Gasteiger partial charge in [-0.3, -0.25) is 0 Å². The van der Waals surface area contributed by atoms with Crippen molar-refractivity contribution >= 4 is 16.1 Å². The molecule has 0 fully saturated rings. The second kappa shape index (κ2) is 5.49. The molecule has 16 heavy (non-hydrogen) atoms. The lowest BCUT2D eigenvalue weighted by Crippen LogP contribution is -2.51. The van der Waals surface area contributed by atoms with E-state index in [-0.39, 0.29) is 12.6 Å². The van der Waals surface area contributed by atoms with Gasteiger partial charge in [0.25, 0.3) is 0 Å². The Kier molecular flexibility index (Phi) is 5.21. The predicted molar refractivity (Wildman–Crippen MR) is 61.7 cm³/mol. The zero-order valence-electron chi connectivity index (χ0n) is 10.3. The maximum Gasteiger partial charge on any atom is 0.407 e. The molecule has 0 aliphatic carbocycles. The van der Waals surface area contributed by atoms with E-state index in [1.165, 1.54) is 0 Å². The van der Waals surface area contributed by atoms with E-state index in [0.717, 1.165) is 6.26 Å². The third-order valence-corrected chi connectivity index (χ3v) is 2.40. The normalized spacial score (nSPS) is 12.6. The van der Waals surface area contributed by atoms with Crippen LogP contribution in [0.4, 0.5) is 4.79 Å². The minimum absolute atomic E-state index is 0.158. The Hall–Kier alpha value is -0.820. The summed E-state index contributed by atoms with van der Waals surface area (Å²) in [6, 6.07) is 0. The van der Waals surface area contributed by atoms with E-state index >= 15 is 0 Å². The molecule has 0 atom stereocenters.